The summed E-state index contributed by atoms with van der Waals surface area (Å²) < 4.78 is 0. The Labute approximate surface area is 104 Å². The van der Waals surface area contributed by atoms with Gasteiger partial charge in [-0.15, -0.1) is 17.5 Å². The van der Waals surface area contributed by atoms with Crippen LogP contribution in [0.3, 0.4) is 0 Å². The van der Waals surface area contributed by atoms with Gasteiger partial charge in [0.1, 0.15) is 0 Å². The van der Waals surface area contributed by atoms with Crippen LogP contribution < -0.4 is 5.73 Å². The van der Waals surface area contributed by atoms with Crippen molar-refractivity contribution in [3.63, 3.8) is 0 Å². The van der Waals surface area contributed by atoms with Gasteiger partial charge in [0, 0.05) is 22.2 Å². The summed E-state index contributed by atoms with van der Waals surface area (Å²) in [4.78, 5) is 0.988. The maximum atomic E-state index is 6.02. The van der Waals surface area contributed by atoms with Gasteiger partial charge in [-0.2, -0.15) is 0 Å². The van der Waals surface area contributed by atoms with E-state index in [2.05, 4.69) is 12.3 Å². The van der Waals surface area contributed by atoms with Crippen molar-refractivity contribution in [1.82, 2.24) is 0 Å². The van der Waals surface area contributed by atoms with Crippen molar-refractivity contribution in [1.29, 1.82) is 0 Å². The van der Waals surface area contributed by atoms with Crippen LogP contribution in [0.5, 0.6) is 0 Å². The number of rotatable bonds is 4. The molecule has 0 saturated heterocycles. The summed E-state index contributed by atoms with van der Waals surface area (Å²) in [6.45, 7) is 4.05. The molecule has 0 spiro atoms. The van der Waals surface area contributed by atoms with Crippen LogP contribution in [0.1, 0.15) is 0 Å². The second-order valence-electron chi connectivity index (χ2n) is 2.85. The zero-order valence-electron chi connectivity index (χ0n) is 8.09. The maximum Gasteiger partial charge on any atom is 0.0556 e. The maximum absolute atomic E-state index is 6.02. The summed E-state index contributed by atoms with van der Waals surface area (Å²) in [6, 6.07) is 5.44. The molecule has 0 aromatic heterocycles. The highest BCUT2D eigenvalue weighted by Crippen LogP contribution is 2.30. The van der Waals surface area contributed by atoms with E-state index in [4.69, 9.17) is 28.9 Å². The van der Waals surface area contributed by atoms with E-state index >= 15 is 0 Å². The zero-order chi connectivity index (χ0) is 11.3. The zero-order valence-corrected chi connectivity index (χ0v) is 10.4. The summed E-state index contributed by atoms with van der Waals surface area (Å²) in [5.74, 6) is 0.751. The third-order valence-electron chi connectivity index (χ3n) is 1.79. The van der Waals surface area contributed by atoms with E-state index in [-0.39, 0.29) is 0 Å². The van der Waals surface area contributed by atoms with Crippen molar-refractivity contribution in [2.45, 2.75) is 4.90 Å². The first kappa shape index (κ1) is 12.7. The molecule has 0 heterocycles. The van der Waals surface area contributed by atoms with Crippen molar-refractivity contribution >= 4 is 35.0 Å². The fourth-order valence-corrected chi connectivity index (χ4v) is 2.42. The van der Waals surface area contributed by atoms with Crippen LogP contribution in [-0.2, 0) is 0 Å². The van der Waals surface area contributed by atoms with Gasteiger partial charge >= 0.3 is 0 Å². The van der Waals surface area contributed by atoms with Gasteiger partial charge in [0.05, 0.1) is 5.02 Å². The van der Waals surface area contributed by atoms with Gasteiger partial charge in [-0.05, 0) is 23.8 Å². The third kappa shape index (κ3) is 3.94. The van der Waals surface area contributed by atoms with Crippen LogP contribution in [-0.4, -0.2) is 12.3 Å². The van der Waals surface area contributed by atoms with Crippen LogP contribution in [0.4, 0.5) is 0 Å². The lowest BCUT2D eigenvalue weighted by molar-refractivity contribution is 1.15. The van der Waals surface area contributed by atoms with E-state index < -0.39 is 0 Å². The van der Waals surface area contributed by atoms with Gasteiger partial charge in [0.15, 0.2) is 0 Å². The van der Waals surface area contributed by atoms with E-state index in [1.807, 2.05) is 12.1 Å². The van der Waals surface area contributed by atoms with E-state index in [0.29, 0.717) is 16.6 Å². The van der Waals surface area contributed by atoms with Crippen molar-refractivity contribution in [3.05, 3.63) is 46.1 Å². The molecule has 0 radical (unpaired) electrons. The van der Waals surface area contributed by atoms with E-state index in [1.165, 1.54) is 0 Å². The molecule has 0 unspecified atom stereocenters. The number of hydrogen-bond acceptors (Lipinski definition) is 2. The summed E-state index contributed by atoms with van der Waals surface area (Å²) in [6.07, 6.45) is 0. The Bertz CT molecular complexity index is 398. The molecular weight excluding hydrogens is 249 g/mol. The third-order valence-corrected chi connectivity index (χ3v) is 3.61. The number of thioether (sulfide) groups is 1. The molecule has 1 aromatic carbocycles. The molecule has 2 N–H and O–H groups in total. The highest BCUT2D eigenvalue weighted by atomic mass is 35.5. The first-order valence-corrected chi connectivity index (χ1v) is 6.07. The molecule has 0 amide bonds. The van der Waals surface area contributed by atoms with E-state index in [9.17, 15) is 0 Å². The van der Waals surface area contributed by atoms with Gasteiger partial charge < -0.3 is 5.73 Å². The molecule has 0 atom stereocenters. The van der Waals surface area contributed by atoms with Crippen molar-refractivity contribution in [3.8, 4) is 0 Å². The Morgan fingerprint density at radius 3 is 2.73 bits per heavy atom. The van der Waals surface area contributed by atoms with Crippen LogP contribution in [0, 0.1) is 0 Å². The second-order valence-corrected chi connectivity index (χ2v) is 4.71. The topological polar surface area (TPSA) is 26.0 Å². The van der Waals surface area contributed by atoms with E-state index in [0.717, 1.165) is 16.2 Å². The summed E-state index contributed by atoms with van der Waals surface area (Å²) in [5.41, 5.74) is 9.28. The van der Waals surface area contributed by atoms with Crippen molar-refractivity contribution in [2.75, 3.05) is 12.3 Å². The fourth-order valence-electron chi connectivity index (χ4n) is 0.939. The van der Waals surface area contributed by atoms with Gasteiger partial charge in [0.25, 0.3) is 0 Å². The van der Waals surface area contributed by atoms with Crippen molar-refractivity contribution in [2.24, 2.45) is 5.73 Å². The molecule has 4 heteroatoms. The minimum atomic E-state index is 0.474. The molecule has 0 saturated carbocycles. The lowest BCUT2D eigenvalue weighted by atomic mass is 10.3. The van der Waals surface area contributed by atoms with Crippen LogP contribution >= 0.6 is 35.0 Å². The largest absolute Gasteiger partial charge is 0.326 e. The molecule has 80 valence electrons. The highest BCUT2D eigenvalue weighted by molar-refractivity contribution is 7.99. The quantitative estimate of drug-likeness (QED) is 0.659. The van der Waals surface area contributed by atoms with Crippen LogP contribution in [0.2, 0.25) is 10.0 Å². The normalized spacial score (nSPS) is 9.80. The molecule has 0 bridgehead atoms. The van der Waals surface area contributed by atoms with E-state index in [1.54, 1.807) is 17.8 Å². The van der Waals surface area contributed by atoms with Gasteiger partial charge in [-0.3, -0.25) is 0 Å². The predicted molar refractivity (Wildman–Crippen MR) is 68.9 cm³/mol. The number of halogens is 2. The monoisotopic (exact) mass is 259 g/mol. The Morgan fingerprint density at radius 2 is 2.20 bits per heavy atom. The first-order valence-electron chi connectivity index (χ1n) is 4.33. The second kappa shape index (κ2) is 6.26. The van der Waals surface area contributed by atoms with Gasteiger partial charge in [0.2, 0.25) is 0 Å². The first-order chi connectivity index (χ1) is 7.17. The average Bonchev–Trinajstić information content (AvgIpc) is 2.22. The lowest BCUT2D eigenvalue weighted by Crippen LogP contribution is -2.03. The highest BCUT2D eigenvalue weighted by Gasteiger charge is 2.02. The van der Waals surface area contributed by atoms with Gasteiger partial charge in [-0.25, -0.2) is 0 Å². The van der Waals surface area contributed by atoms with Crippen LogP contribution in [0.25, 0.3) is 0 Å². The van der Waals surface area contributed by atoms with Gasteiger partial charge in [-0.1, -0.05) is 29.8 Å². The fraction of sp³-hybridized carbons (Fsp3) is 0.182. The summed E-state index contributed by atoms with van der Waals surface area (Å²) in [7, 11) is 0. The summed E-state index contributed by atoms with van der Waals surface area (Å²) >= 11 is 13.4. The van der Waals surface area contributed by atoms with Crippen molar-refractivity contribution < 1.29 is 0 Å². The average molecular weight is 260 g/mol. The molecule has 0 aliphatic heterocycles. The summed E-state index contributed by atoms with van der Waals surface area (Å²) in [5, 5.41) is 1.30. The molecule has 0 fully saturated rings. The Morgan fingerprint density at radius 1 is 1.47 bits per heavy atom. The molecule has 0 aliphatic carbocycles. The van der Waals surface area contributed by atoms with Crippen LogP contribution in [0.15, 0.2) is 41.0 Å². The Balaban J connectivity index is 2.69. The molecule has 1 aromatic rings. The number of benzene rings is 1. The Hall–Kier alpha value is -0.370. The molecule has 1 rings (SSSR count). The molecule has 15 heavy (non-hydrogen) atoms. The SMILES string of the molecule is C=C=C(CN)CSc1ccc(Cl)cc1Cl. The molecular formula is C11H11Cl2NS. The minimum absolute atomic E-state index is 0.474. The minimum Gasteiger partial charge on any atom is -0.326 e. The standard InChI is InChI=1S/C11H11Cl2NS/c1-2-8(6-14)7-15-11-4-3-9(12)5-10(11)13/h3-5H,1,6-7,14H2. The smallest absolute Gasteiger partial charge is 0.0556 e. The Kier molecular flexibility index (Phi) is 5.30. The number of hydrogen-bond donors (Lipinski definition) is 1. The number of nitrogens with two attached hydrogens (primary N) is 1. The lowest BCUT2D eigenvalue weighted by Gasteiger charge is -2.04. The molecule has 0 aliphatic rings. The molecule has 1 nitrogen and oxygen atoms in total. The predicted octanol–water partition coefficient (Wildman–Crippen LogP) is 3.76.